The Morgan fingerprint density at radius 2 is 2.25 bits per heavy atom. The zero-order valence-electron chi connectivity index (χ0n) is 8.15. The highest BCUT2D eigenvalue weighted by atomic mass is 16.2. The first-order chi connectivity index (χ1) is 7.65. The summed E-state index contributed by atoms with van der Waals surface area (Å²) in [6.45, 7) is 0. The highest BCUT2D eigenvalue weighted by Crippen LogP contribution is 2.07. The number of H-pyrrole nitrogens is 2. The van der Waals surface area contributed by atoms with E-state index in [1.54, 1.807) is 12.1 Å². The molecule has 82 valence electrons. The first kappa shape index (κ1) is 9.97. The number of rotatable bonds is 2. The van der Waals surface area contributed by atoms with E-state index in [0.717, 1.165) is 0 Å². The van der Waals surface area contributed by atoms with Crippen molar-refractivity contribution in [3.8, 4) is 0 Å². The third-order valence-corrected chi connectivity index (χ3v) is 1.88. The Kier molecular flexibility index (Phi) is 2.42. The van der Waals surface area contributed by atoms with Gasteiger partial charge in [-0.2, -0.15) is 0 Å². The van der Waals surface area contributed by atoms with Gasteiger partial charge in [0.2, 0.25) is 0 Å². The maximum Gasteiger partial charge on any atom is 0.323 e. The van der Waals surface area contributed by atoms with Crippen LogP contribution in [-0.2, 0) is 0 Å². The Bertz CT molecular complexity index is 554. The number of hydrogen-bond donors (Lipinski definition) is 4. The number of nitrogens with two attached hydrogens (primary N) is 1. The lowest BCUT2D eigenvalue weighted by Gasteiger charge is -2.02. The van der Waals surface area contributed by atoms with E-state index in [9.17, 15) is 9.59 Å². The minimum absolute atomic E-state index is 0.154. The Hall–Kier alpha value is -2.57. The highest BCUT2D eigenvalue weighted by molar-refractivity contribution is 6.02. The number of aromatic amines is 2. The van der Waals surface area contributed by atoms with E-state index in [4.69, 9.17) is 5.73 Å². The number of aromatic nitrogens is 3. The number of carbonyl (C=O) groups is 1. The molecule has 0 saturated carbocycles. The molecule has 0 aliphatic carbocycles. The molecule has 7 heteroatoms. The number of nitrogens with zero attached hydrogens (tertiary/aromatic N) is 1. The van der Waals surface area contributed by atoms with Gasteiger partial charge in [-0.05, 0) is 12.1 Å². The SMILES string of the molecule is Nc1ccc(NC(=O)c2c[nH]c(=O)[nH]2)cn1. The van der Waals surface area contributed by atoms with Gasteiger partial charge in [0.25, 0.3) is 5.91 Å². The molecule has 0 aromatic carbocycles. The standard InChI is InChI=1S/C9H9N5O2/c10-7-2-1-5(3-11-7)13-8(15)6-4-12-9(16)14-6/h1-4H,(H2,10,11)(H,13,15)(H2,12,14,16). The summed E-state index contributed by atoms with van der Waals surface area (Å²) in [6.07, 6.45) is 2.72. The predicted octanol–water partition coefficient (Wildman–Crippen LogP) is -0.0675. The maximum atomic E-state index is 11.6. The summed E-state index contributed by atoms with van der Waals surface area (Å²) in [4.78, 5) is 30.8. The van der Waals surface area contributed by atoms with Crippen LogP contribution < -0.4 is 16.7 Å². The van der Waals surface area contributed by atoms with Gasteiger partial charge in [0.05, 0.1) is 11.9 Å². The molecular formula is C9H9N5O2. The zero-order valence-corrected chi connectivity index (χ0v) is 8.15. The molecule has 0 spiro atoms. The summed E-state index contributed by atoms with van der Waals surface area (Å²) in [5, 5.41) is 2.55. The summed E-state index contributed by atoms with van der Waals surface area (Å²) in [6, 6.07) is 3.18. The van der Waals surface area contributed by atoms with Crippen LogP contribution in [0.2, 0.25) is 0 Å². The highest BCUT2D eigenvalue weighted by Gasteiger charge is 2.07. The molecule has 0 saturated heterocycles. The predicted molar refractivity (Wildman–Crippen MR) is 58.0 cm³/mol. The van der Waals surface area contributed by atoms with Crippen LogP contribution >= 0.6 is 0 Å². The van der Waals surface area contributed by atoms with Gasteiger partial charge in [-0.3, -0.25) is 4.79 Å². The minimum Gasteiger partial charge on any atom is -0.384 e. The fourth-order valence-corrected chi connectivity index (χ4v) is 1.13. The third kappa shape index (κ3) is 2.08. The zero-order chi connectivity index (χ0) is 11.5. The fraction of sp³-hybridized carbons (Fsp3) is 0. The van der Waals surface area contributed by atoms with Crippen molar-refractivity contribution in [2.45, 2.75) is 0 Å². The first-order valence-electron chi connectivity index (χ1n) is 4.46. The quantitative estimate of drug-likeness (QED) is 0.565. The van der Waals surface area contributed by atoms with Crippen LogP contribution in [0.3, 0.4) is 0 Å². The van der Waals surface area contributed by atoms with Crippen LogP contribution in [0.15, 0.2) is 29.3 Å². The van der Waals surface area contributed by atoms with Crippen LogP contribution in [0.1, 0.15) is 10.5 Å². The Morgan fingerprint density at radius 1 is 1.44 bits per heavy atom. The Labute approximate surface area is 89.7 Å². The van der Waals surface area contributed by atoms with Crippen molar-refractivity contribution in [2.24, 2.45) is 0 Å². The van der Waals surface area contributed by atoms with E-state index >= 15 is 0 Å². The van der Waals surface area contributed by atoms with Crippen molar-refractivity contribution >= 4 is 17.4 Å². The number of hydrogen-bond acceptors (Lipinski definition) is 4. The third-order valence-electron chi connectivity index (χ3n) is 1.88. The molecule has 0 aliphatic rings. The number of anilines is 2. The molecule has 2 rings (SSSR count). The number of amides is 1. The summed E-state index contributed by atoms with van der Waals surface area (Å²) < 4.78 is 0. The van der Waals surface area contributed by atoms with Gasteiger partial charge in [-0.1, -0.05) is 0 Å². The average molecular weight is 219 g/mol. The molecule has 2 aromatic rings. The lowest BCUT2D eigenvalue weighted by Crippen LogP contribution is -2.14. The lowest BCUT2D eigenvalue weighted by atomic mass is 10.3. The van der Waals surface area contributed by atoms with E-state index in [1.807, 2.05) is 0 Å². The topological polar surface area (TPSA) is 117 Å². The smallest absolute Gasteiger partial charge is 0.323 e. The molecular weight excluding hydrogens is 210 g/mol. The van der Waals surface area contributed by atoms with Gasteiger partial charge in [-0.15, -0.1) is 0 Å². The molecule has 0 fully saturated rings. The van der Waals surface area contributed by atoms with Gasteiger partial charge < -0.3 is 21.0 Å². The van der Waals surface area contributed by atoms with E-state index in [-0.39, 0.29) is 5.69 Å². The summed E-state index contributed by atoms with van der Waals surface area (Å²) in [5.74, 6) is -0.0574. The molecule has 2 aromatic heterocycles. The van der Waals surface area contributed by atoms with Crippen molar-refractivity contribution < 1.29 is 4.79 Å². The van der Waals surface area contributed by atoms with Crippen LogP contribution in [0, 0.1) is 0 Å². The second kappa shape index (κ2) is 3.89. The molecule has 2 heterocycles. The van der Waals surface area contributed by atoms with Gasteiger partial charge >= 0.3 is 5.69 Å². The van der Waals surface area contributed by atoms with Crippen LogP contribution in [0.4, 0.5) is 11.5 Å². The molecule has 0 unspecified atom stereocenters. The van der Waals surface area contributed by atoms with Gasteiger partial charge in [0, 0.05) is 6.20 Å². The fourth-order valence-electron chi connectivity index (χ4n) is 1.13. The van der Waals surface area contributed by atoms with E-state index in [0.29, 0.717) is 11.5 Å². The number of pyridine rings is 1. The summed E-state index contributed by atoms with van der Waals surface area (Å²) >= 11 is 0. The molecule has 16 heavy (non-hydrogen) atoms. The molecule has 0 aliphatic heterocycles. The van der Waals surface area contributed by atoms with E-state index in [1.165, 1.54) is 12.4 Å². The van der Waals surface area contributed by atoms with Crippen molar-refractivity contribution in [1.82, 2.24) is 15.0 Å². The Morgan fingerprint density at radius 3 is 2.81 bits per heavy atom. The molecule has 0 bridgehead atoms. The average Bonchev–Trinajstić information content (AvgIpc) is 2.68. The van der Waals surface area contributed by atoms with Gasteiger partial charge in [0.15, 0.2) is 0 Å². The van der Waals surface area contributed by atoms with Crippen LogP contribution in [-0.4, -0.2) is 20.9 Å². The number of carbonyl (C=O) groups excluding carboxylic acids is 1. The number of nitrogens with one attached hydrogen (secondary N) is 3. The van der Waals surface area contributed by atoms with Crippen molar-refractivity contribution in [1.29, 1.82) is 0 Å². The van der Waals surface area contributed by atoms with Crippen molar-refractivity contribution in [3.05, 3.63) is 40.7 Å². The molecule has 5 N–H and O–H groups in total. The minimum atomic E-state index is -0.430. The normalized spacial score (nSPS) is 10.0. The lowest BCUT2D eigenvalue weighted by molar-refractivity contribution is 0.102. The van der Waals surface area contributed by atoms with E-state index < -0.39 is 11.6 Å². The van der Waals surface area contributed by atoms with Crippen molar-refractivity contribution in [3.63, 3.8) is 0 Å². The van der Waals surface area contributed by atoms with Crippen LogP contribution in [0.5, 0.6) is 0 Å². The molecule has 0 atom stereocenters. The molecule has 1 amide bonds. The summed E-state index contributed by atoms with van der Waals surface area (Å²) in [7, 11) is 0. The number of nitrogen functional groups attached to an aromatic ring is 1. The van der Waals surface area contributed by atoms with Crippen LogP contribution in [0.25, 0.3) is 0 Å². The molecule has 0 radical (unpaired) electrons. The second-order valence-corrected chi connectivity index (χ2v) is 3.08. The first-order valence-corrected chi connectivity index (χ1v) is 4.46. The monoisotopic (exact) mass is 219 g/mol. The van der Waals surface area contributed by atoms with E-state index in [2.05, 4.69) is 20.3 Å². The second-order valence-electron chi connectivity index (χ2n) is 3.08. The van der Waals surface area contributed by atoms with Crippen molar-refractivity contribution in [2.75, 3.05) is 11.1 Å². The van der Waals surface area contributed by atoms with Gasteiger partial charge in [-0.25, -0.2) is 9.78 Å². The molecule has 7 nitrogen and oxygen atoms in total. The largest absolute Gasteiger partial charge is 0.384 e. The van der Waals surface area contributed by atoms with Gasteiger partial charge in [0.1, 0.15) is 11.5 Å². The Balaban J connectivity index is 2.13. The number of imidazole rings is 1. The summed E-state index contributed by atoms with van der Waals surface area (Å²) in [5.41, 5.74) is 5.62. The maximum absolute atomic E-state index is 11.6.